The Balaban J connectivity index is 0. The lowest BCUT2D eigenvalue weighted by molar-refractivity contribution is -0.204. The number of halogens is 3. The van der Waals surface area contributed by atoms with E-state index < -0.39 is 43.7 Å². The maximum atomic E-state index is 12.2. The first kappa shape index (κ1) is 45.5. The van der Waals surface area contributed by atoms with E-state index in [0.717, 1.165) is 6.42 Å². The zero-order valence-electron chi connectivity index (χ0n) is 30.9. The second kappa shape index (κ2) is 18.7. The molecular formula is C34H59F3O8Si. The normalized spacial score (nSPS) is 14.2. The van der Waals surface area contributed by atoms with Crippen LogP contribution in [-0.4, -0.2) is 56.5 Å². The van der Waals surface area contributed by atoms with Crippen molar-refractivity contribution >= 4 is 26.4 Å². The monoisotopic (exact) mass is 680 g/mol. The predicted molar refractivity (Wildman–Crippen MR) is 177 cm³/mol. The summed E-state index contributed by atoms with van der Waals surface area (Å²) in [5.41, 5.74) is -0.237. The van der Waals surface area contributed by atoms with Crippen LogP contribution in [0, 0.1) is 11.8 Å². The minimum atomic E-state index is -4.52. The van der Waals surface area contributed by atoms with Crippen LogP contribution in [-0.2, 0) is 28.2 Å². The SMILES string of the molecule is CCC(C(=O)OC(C)(C)C)C(F)(F)F.CCC(C)C(=O)OC(C)(C)C.CO[Si](C)(C)C(C)c1ccc(OC(=O)OC(C)(C)C)cc1. The minimum Gasteiger partial charge on any atom is -0.460 e. The van der Waals surface area contributed by atoms with Crippen LogP contribution < -0.4 is 4.74 Å². The van der Waals surface area contributed by atoms with Crippen molar-refractivity contribution < 1.29 is 50.9 Å². The molecular weight excluding hydrogens is 621 g/mol. The van der Waals surface area contributed by atoms with Gasteiger partial charge in [0.15, 0.2) is 14.2 Å². The Labute approximate surface area is 276 Å². The van der Waals surface area contributed by atoms with E-state index in [1.54, 1.807) is 40.0 Å². The van der Waals surface area contributed by atoms with Crippen LogP contribution in [0.25, 0.3) is 0 Å². The summed E-state index contributed by atoms with van der Waals surface area (Å²) in [5.74, 6) is -2.81. The summed E-state index contributed by atoms with van der Waals surface area (Å²) in [6.45, 7) is 27.4. The zero-order chi connectivity index (χ0) is 36.9. The Morgan fingerprint density at radius 3 is 1.46 bits per heavy atom. The number of benzene rings is 1. The summed E-state index contributed by atoms with van der Waals surface area (Å²) < 4.78 is 62.5. The molecule has 46 heavy (non-hydrogen) atoms. The lowest BCUT2D eigenvalue weighted by atomic mass is 10.1. The minimum absolute atomic E-state index is 0.0224. The first-order valence-electron chi connectivity index (χ1n) is 15.6. The number of ether oxygens (including phenoxy) is 4. The number of esters is 2. The Morgan fingerprint density at radius 2 is 1.13 bits per heavy atom. The molecule has 3 unspecified atom stereocenters. The highest BCUT2D eigenvalue weighted by Gasteiger charge is 2.45. The van der Waals surface area contributed by atoms with E-state index in [4.69, 9.17) is 18.6 Å². The van der Waals surface area contributed by atoms with Gasteiger partial charge in [-0.25, -0.2) is 4.79 Å². The molecule has 0 amide bonds. The molecule has 0 aliphatic carbocycles. The fourth-order valence-corrected chi connectivity index (χ4v) is 4.59. The summed E-state index contributed by atoms with van der Waals surface area (Å²) in [6, 6.07) is 7.52. The van der Waals surface area contributed by atoms with Gasteiger partial charge >= 0.3 is 24.3 Å². The molecule has 0 saturated heterocycles. The number of alkyl halides is 3. The van der Waals surface area contributed by atoms with Gasteiger partial charge in [0, 0.05) is 7.11 Å². The Hall–Kier alpha value is -2.60. The molecule has 0 heterocycles. The van der Waals surface area contributed by atoms with Crippen LogP contribution >= 0.6 is 0 Å². The zero-order valence-corrected chi connectivity index (χ0v) is 31.9. The van der Waals surface area contributed by atoms with Gasteiger partial charge in [0.2, 0.25) is 0 Å². The maximum absolute atomic E-state index is 12.2. The van der Waals surface area contributed by atoms with E-state index >= 15 is 0 Å². The third kappa shape index (κ3) is 20.5. The van der Waals surface area contributed by atoms with E-state index in [9.17, 15) is 27.6 Å². The van der Waals surface area contributed by atoms with Crippen LogP contribution in [0.1, 0.15) is 114 Å². The largest absolute Gasteiger partial charge is 0.514 e. The first-order valence-corrected chi connectivity index (χ1v) is 18.6. The Morgan fingerprint density at radius 1 is 0.717 bits per heavy atom. The van der Waals surface area contributed by atoms with Crippen molar-refractivity contribution in [3.8, 4) is 5.75 Å². The fourth-order valence-electron chi connectivity index (χ4n) is 3.24. The van der Waals surface area contributed by atoms with E-state index in [0.29, 0.717) is 11.3 Å². The molecule has 0 aliphatic rings. The molecule has 1 rings (SSSR count). The standard InChI is InChI=1S/C16H26O4Si.C9H15F3O2.C9H18O2/c1-12(21(6,7)18-5)13-8-10-14(11-9-13)19-15(17)20-16(2,3)4;1-5-6(9(10,11)12)7(13)14-8(2,3)4;1-6-7(2)8(10)11-9(3,4)5/h8-12H,1-7H3;6H,5H2,1-4H3;7H,6H2,1-5H3. The van der Waals surface area contributed by atoms with Gasteiger partial charge in [0.05, 0.1) is 5.92 Å². The van der Waals surface area contributed by atoms with Crippen molar-refractivity contribution in [2.75, 3.05) is 7.11 Å². The number of carbonyl (C=O) groups excluding carboxylic acids is 3. The second-order valence-corrected chi connectivity index (χ2v) is 19.0. The van der Waals surface area contributed by atoms with Crippen LogP contribution in [0.3, 0.4) is 0 Å². The highest BCUT2D eigenvalue weighted by atomic mass is 28.4. The molecule has 0 N–H and O–H groups in total. The molecule has 0 radical (unpaired) electrons. The third-order valence-corrected chi connectivity index (χ3v) is 9.93. The smallest absolute Gasteiger partial charge is 0.460 e. The Kier molecular flexibility index (Phi) is 18.5. The van der Waals surface area contributed by atoms with Gasteiger partial charge in [-0.3, -0.25) is 9.59 Å². The summed E-state index contributed by atoms with van der Waals surface area (Å²) >= 11 is 0. The van der Waals surface area contributed by atoms with E-state index in [2.05, 4.69) is 24.8 Å². The quantitative estimate of drug-likeness (QED) is 0.116. The fraction of sp³-hybridized carbons (Fsp3) is 0.735. The molecule has 12 heteroatoms. The Bertz CT molecular complexity index is 1070. The second-order valence-electron chi connectivity index (χ2n) is 14.5. The number of hydrogen-bond acceptors (Lipinski definition) is 8. The average Bonchev–Trinajstić information content (AvgIpc) is 2.85. The number of hydrogen-bond donors (Lipinski definition) is 0. The highest BCUT2D eigenvalue weighted by Crippen LogP contribution is 2.31. The van der Waals surface area contributed by atoms with Gasteiger partial charge in [-0.1, -0.05) is 39.8 Å². The number of carbonyl (C=O) groups is 3. The summed E-state index contributed by atoms with van der Waals surface area (Å²) in [5, 5.41) is 0. The van der Waals surface area contributed by atoms with Crippen molar-refractivity contribution in [1.82, 2.24) is 0 Å². The topological polar surface area (TPSA) is 97.4 Å². The molecule has 8 nitrogen and oxygen atoms in total. The highest BCUT2D eigenvalue weighted by molar-refractivity contribution is 6.72. The summed E-state index contributed by atoms with van der Waals surface area (Å²) in [7, 11) is 0.0315. The van der Waals surface area contributed by atoms with Crippen molar-refractivity contribution in [3.05, 3.63) is 29.8 Å². The van der Waals surface area contributed by atoms with E-state index in [1.807, 2.05) is 46.8 Å². The van der Waals surface area contributed by atoms with Gasteiger partial charge in [0.1, 0.15) is 22.6 Å². The lowest BCUT2D eigenvalue weighted by Gasteiger charge is -2.28. The van der Waals surface area contributed by atoms with Gasteiger partial charge in [-0.05, 0) is 111 Å². The molecule has 0 spiro atoms. The molecule has 1 aromatic rings. The molecule has 0 aliphatic heterocycles. The van der Waals surface area contributed by atoms with Crippen LogP contribution in [0.5, 0.6) is 5.75 Å². The van der Waals surface area contributed by atoms with Crippen LogP contribution in [0.2, 0.25) is 13.1 Å². The van der Waals surface area contributed by atoms with Gasteiger partial charge in [-0.15, -0.1) is 0 Å². The van der Waals surface area contributed by atoms with Gasteiger partial charge in [0.25, 0.3) is 0 Å². The average molecular weight is 681 g/mol. The molecule has 268 valence electrons. The summed E-state index contributed by atoms with van der Waals surface area (Å²) in [4.78, 5) is 33.9. The van der Waals surface area contributed by atoms with Crippen molar-refractivity contribution in [3.63, 3.8) is 0 Å². The van der Waals surface area contributed by atoms with Gasteiger partial charge in [-0.2, -0.15) is 13.2 Å². The van der Waals surface area contributed by atoms with E-state index in [1.165, 1.54) is 33.3 Å². The third-order valence-electron chi connectivity index (χ3n) is 6.46. The first-order chi connectivity index (χ1) is 20.5. The van der Waals surface area contributed by atoms with Crippen LogP contribution in [0.15, 0.2) is 24.3 Å². The predicted octanol–water partition coefficient (Wildman–Crippen LogP) is 9.79. The van der Waals surface area contributed by atoms with Crippen molar-refractivity contribution in [2.24, 2.45) is 11.8 Å². The van der Waals surface area contributed by atoms with E-state index in [-0.39, 0.29) is 23.9 Å². The molecule has 0 saturated carbocycles. The lowest BCUT2D eigenvalue weighted by Crippen LogP contribution is -2.36. The molecule has 3 atom stereocenters. The molecule has 0 bridgehead atoms. The molecule has 0 fully saturated rings. The van der Waals surface area contributed by atoms with Crippen molar-refractivity contribution in [2.45, 2.75) is 144 Å². The number of rotatable bonds is 8. The summed E-state index contributed by atoms with van der Waals surface area (Å²) in [6.07, 6.45) is -4.65. The van der Waals surface area contributed by atoms with Crippen LogP contribution in [0.4, 0.5) is 18.0 Å². The maximum Gasteiger partial charge on any atom is 0.514 e. The molecule has 1 aromatic carbocycles. The molecule has 0 aromatic heterocycles. The van der Waals surface area contributed by atoms with Gasteiger partial charge < -0.3 is 23.4 Å². The van der Waals surface area contributed by atoms with Crippen molar-refractivity contribution in [1.29, 1.82) is 0 Å².